The molecule has 0 aromatic carbocycles. The molecule has 1 aromatic rings. The lowest BCUT2D eigenvalue weighted by molar-refractivity contribution is -0.122. The Bertz CT molecular complexity index is 461. The zero-order valence-corrected chi connectivity index (χ0v) is 11.9. The van der Waals surface area contributed by atoms with Crippen LogP contribution in [-0.4, -0.2) is 34.7 Å². The summed E-state index contributed by atoms with van der Waals surface area (Å²) in [6.07, 6.45) is 6.10. The molecular weight excluding hydrogens is 256 g/mol. The number of carbonyl (C=O) groups excluding carboxylic acids is 1. The van der Waals surface area contributed by atoms with Crippen LogP contribution in [0.3, 0.4) is 0 Å². The number of rotatable bonds is 5. The van der Waals surface area contributed by atoms with E-state index in [4.69, 9.17) is 4.52 Å². The van der Waals surface area contributed by atoms with Crippen molar-refractivity contribution in [1.29, 1.82) is 0 Å². The maximum atomic E-state index is 11.9. The number of carbonyl (C=O) groups is 1. The van der Waals surface area contributed by atoms with Crippen molar-refractivity contribution in [3.8, 4) is 0 Å². The molecule has 2 fully saturated rings. The zero-order chi connectivity index (χ0) is 13.9. The normalized spacial score (nSPS) is 28.6. The van der Waals surface area contributed by atoms with Gasteiger partial charge in [-0.3, -0.25) is 4.79 Å². The first kappa shape index (κ1) is 13.5. The lowest BCUT2D eigenvalue weighted by Crippen LogP contribution is -2.39. The summed E-state index contributed by atoms with van der Waals surface area (Å²) in [4.78, 5) is 16.1. The number of aromatic nitrogens is 2. The Morgan fingerprint density at radius 3 is 2.80 bits per heavy atom. The molecule has 3 rings (SSSR count). The van der Waals surface area contributed by atoms with Gasteiger partial charge < -0.3 is 15.2 Å². The van der Waals surface area contributed by atoms with Crippen LogP contribution in [-0.2, 0) is 11.2 Å². The predicted octanol–water partition coefficient (Wildman–Crippen LogP) is 0.957. The van der Waals surface area contributed by atoms with E-state index in [0.29, 0.717) is 49.1 Å². The molecule has 0 saturated carbocycles. The minimum absolute atomic E-state index is 0.146. The number of fused-ring (bicyclic) bond motifs is 2. The van der Waals surface area contributed by atoms with Crippen LogP contribution in [0.5, 0.6) is 0 Å². The van der Waals surface area contributed by atoms with Crippen LogP contribution >= 0.6 is 0 Å². The second-order valence-corrected chi connectivity index (χ2v) is 6.01. The summed E-state index contributed by atoms with van der Waals surface area (Å²) >= 11 is 0. The van der Waals surface area contributed by atoms with Gasteiger partial charge in [-0.05, 0) is 38.5 Å². The number of piperidine rings is 1. The van der Waals surface area contributed by atoms with E-state index in [1.165, 1.54) is 12.8 Å². The summed E-state index contributed by atoms with van der Waals surface area (Å²) in [6.45, 7) is 2.36. The molecule has 2 bridgehead atoms. The van der Waals surface area contributed by atoms with Crippen molar-refractivity contribution < 1.29 is 9.32 Å². The maximum absolute atomic E-state index is 11.9. The molecule has 0 radical (unpaired) electrons. The molecule has 110 valence electrons. The molecule has 2 atom stereocenters. The molecule has 3 heterocycles. The average Bonchev–Trinajstić information content (AvgIpc) is 2.96. The minimum Gasteiger partial charge on any atom is -0.356 e. The second kappa shape index (κ2) is 5.91. The quantitative estimate of drug-likeness (QED) is 0.838. The molecular formula is C14H22N4O2. The topological polar surface area (TPSA) is 80.0 Å². The molecule has 2 saturated heterocycles. The molecule has 6 heteroatoms. The van der Waals surface area contributed by atoms with Crippen molar-refractivity contribution in [2.45, 2.75) is 57.5 Å². The Hall–Kier alpha value is -1.43. The monoisotopic (exact) mass is 278 g/mol. The van der Waals surface area contributed by atoms with Crippen molar-refractivity contribution in [2.75, 3.05) is 6.54 Å². The number of hydrogen-bond acceptors (Lipinski definition) is 5. The van der Waals surface area contributed by atoms with Gasteiger partial charge in [0.1, 0.15) is 0 Å². The first-order chi connectivity index (χ1) is 9.69. The van der Waals surface area contributed by atoms with E-state index in [0.717, 1.165) is 12.8 Å². The zero-order valence-electron chi connectivity index (χ0n) is 11.9. The Balaban J connectivity index is 1.37. The van der Waals surface area contributed by atoms with Crippen LogP contribution < -0.4 is 10.6 Å². The third kappa shape index (κ3) is 3.36. The number of aryl methyl sites for hydroxylation is 1. The van der Waals surface area contributed by atoms with Gasteiger partial charge in [-0.25, -0.2) is 0 Å². The van der Waals surface area contributed by atoms with Crippen molar-refractivity contribution in [3.63, 3.8) is 0 Å². The van der Waals surface area contributed by atoms with Crippen LogP contribution in [0.4, 0.5) is 0 Å². The molecule has 1 aromatic heterocycles. The molecule has 0 spiro atoms. The summed E-state index contributed by atoms with van der Waals surface area (Å²) in [7, 11) is 0. The highest BCUT2D eigenvalue weighted by Crippen LogP contribution is 2.32. The summed E-state index contributed by atoms with van der Waals surface area (Å²) in [6, 6.07) is 1.29. The SMILES string of the molecule is Cc1noc(CCNC(=O)CC2CC3CCC(C2)N3)n1. The minimum atomic E-state index is 0.146. The predicted molar refractivity (Wildman–Crippen MR) is 73.0 cm³/mol. The van der Waals surface area contributed by atoms with E-state index >= 15 is 0 Å². The Kier molecular flexibility index (Phi) is 4.00. The summed E-state index contributed by atoms with van der Waals surface area (Å²) in [5.41, 5.74) is 0. The summed E-state index contributed by atoms with van der Waals surface area (Å²) in [5.74, 6) is 1.91. The Morgan fingerprint density at radius 1 is 1.40 bits per heavy atom. The van der Waals surface area contributed by atoms with Crippen LogP contribution in [0.1, 0.15) is 43.8 Å². The van der Waals surface area contributed by atoms with Crippen LogP contribution in [0.15, 0.2) is 4.52 Å². The fourth-order valence-corrected chi connectivity index (χ4v) is 3.43. The number of hydrogen-bond donors (Lipinski definition) is 2. The molecule has 2 N–H and O–H groups in total. The molecule has 2 aliphatic heterocycles. The van der Waals surface area contributed by atoms with E-state index < -0.39 is 0 Å². The van der Waals surface area contributed by atoms with Gasteiger partial charge in [-0.2, -0.15) is 4.98 Å². The van der Waals surface area contributed by atoms with E-state index in [9.17, 15) is 4.79 Å². The van der Waals surface area contributed by atoms with Crippen molar-refractivity contribution >= 4 is 5.91 Å². The van der Waals surface area contributed by atoms with Crippen LogP contribution in [0.25, 0.3) is 0 Å². The highest BCUT2D eigenvalue weighted by Gasteiger charge is 2.34. The Labute approximate surface area is 118 Å². The van der Waals surface area contributed by atoms with Gasteiger partial charge in [0, 0.05) is 31.5 Å². The van der Waals surface area contributed by atoms with Crippen molar-refractivity contribution in [1.82, 2.24) is 20.8 Å². The van der Waals surface area contributed by atoms with Gasteiger partial charge in [-0.1, -0.05) is 5.16 Å². The van der Waals surface area contributed by atoms with E-state index in [-0.39, 0.29) is 5.91 Å². The maximum Gasteiger partial charge on any atom is 0.228 e. The number of nitrogens with one attached hydrogen (secondary N) is 2. The average molecular weight is 278 g/mol. The lowest BCUT2D eigenvalue weighted by Gasteiger charge is -2.28. The van der Waals surface area contributed by atoms with Gasteiger partial charge in [-0.15, -0.1) is 0 Å². The van der Waals surface area contributed by atoms with E-state index in [1.54, 1.807) is 6.92 Å². The van der Waals surface area contributed by atoms with Gasteiger partial charge >= 0.3 is 0 Å². The summed E-state index contributed by atoms with van der Waals surface area (Å²) in [5, 5.41) is 10.3. The second-order valence-electron chi connectivity index (χ2n) is 6.01. The van der Waals surface area contributed by atoms with Crippen LogP contribution in [0.2, 0.25) is 0 Å². The lowest BCUT2D eigenvalue weighted by atomic mass is 9.89. The van der Waals surface area contributed by atoms with Crippen molar-refractivity contribution in [2.24, 2.45) is 5.92 Å². The molecule has 2 aliphatic rings. The number of amides is 1. The molecule has 2 unspecified atom stereocenters. The highest BCUT2D eigenvalue weighted by atomic mass is 16.5. The van der Waals surface area contributed by atoms with Gasteiger partial charge in [0.2, 0.25) is 11.8 Å². The first-order valence-electron chi connectivity index (χ1n) is 7.51. The number of nitrogens with zero attached hydrogens (tertiary/aromatic N) is 2. The molecule has 6 nitrogen and oxygen atoms in total. The first-order valence-corrected chi connectivity index (χ1v) is 7.51. The smallest absolute Gasteiger partial charge is 0.228 e. The molecule has 20 heavy (non-hydrogen) atoms. The standard InChI is InChI=1S/C14H22N4O2/c1-9-16-14(20-18-9)4-5-15-13(19)8-10-6-11-2-3-12(7-10)17-11/h10-12,17H,2-8H2,1H3,(H,15,19). The largest absolute Gasteiger partial charge is 0.356 e. The molecule has 1 amide bonds. The molecule has 0 aliphatic carbocycles. The van der Waals surface area contributed by atoms with Gasteiger partial charge in [0.15, 0.2) is 5.82 Å². The Morgan fingerprint density at radius 2 is 2.15 bits per heavy atom. The third-order valence-electron chi connectivity index (χ3n) is 4.28. The van der Waals surface area contributed by atoms with Gasteiger partial charge in [0.05, 0.1) is 0 Å². The highest BCUT2D eigenvalue weighted by molar-refractivity contribution is 5.76. The van der Waals surface area contributed by atoms with E-state index in [1.807, 2.05) is 0 Å². The van der Waals surface area contributed by atoms with Crippen molar-refractivity contribution in [3.05, 3.63) is 11.7 Å². The third-order valence-corrected chi connectivity index (χ3v) is 4.28. The van der Waals surface area contributed by atoms with Crippen LogP contribution in [0, 0.1) is 12.8 Å². The summed E-state index contributed by atoms with van der Waals surface area (Å²) < 4.78 is 5.01. The van der Waals surface area contributed by atoms with E-state index in [2.05, 4.69) is 20.8 Å². The fraction of sp³-hybridized carbons (Fsp3) is 0.786. The fourth-order valence-electron chi connectivity index (χ4n) is 3.43. The van der Waals surface area contributed by atoms with Gasteiger partial charge in [0.25, 0.3) is 0 Å².